The number of fused-ring (bicyclic) bond motifs is 2. The third-order valence-corrected chi connectivity index (χ3v) is 9.47. The van der Waals surface area contributed by atoms with Crippen LogP contribution in [0.2, 0.25) is 0 Å². The number of nitrogens with one attached hydrogen (secondary N) is 3. The van der Waals surface area contributed by atoms with Crippen molar-refractivity contribution >= 4 is 34.4 Å². The summed E-state index contributed by atoms with van der Waals surface area (Å²) in [4.78, 5) is 69.5. The molecule has 0 aliphatic carbocycles. The molecule has 2 aromatic carbocycles. The van der Waals surface area contributed by atoms with Gasteiger partial charge >= 0.3 is 0 Å². The molecule has 2 aromatic heterocycles. The molecule has 1 atom stereocenters. The van der Waals surface area contributed by atoms with Gasteiger partial charge in [0.15, 0.2) is 0 Å². The molecule has 4 heterocycles. The summed E-state index contributed by atoms with van der Waals surface area (Å²) in [6.45, 7) is 1.97. The van der Waals surface area contributed by atoms with Gasteiger partial charge in [-0.1, -0.05) is 0 Å². The maximum atomic E-state index is 13.0. The number of rotatable bonds is 17. The summed E-state index contributed by atoms with van der Waals surface area (Å²) in [5.74, 6) is -0.714. The smallest absolute Gasteiger partial charge is 0.262 e. The van der Waals surface area contributed by atoms with E-state index in [-0.39, 0.29) is 42.7 Å². The van der Waals surface area contributed by atoms with Crippen molar-refractivity contribution in [3.05, 3.63) is 93.9 Å². The van der Waals surface area contributed by atoms with Crippen LogP contribution in [-0.2, 0) is 27.9 Å². The number of aromatic nitrogens is 2. The van der Waals surface area contributed by atoms with E-state index < -0.39 is 29.7 Å². The number of amides is 4. The van der Waals surface area contributed by atoms with Crippen LogP contribution >= 0.6 is 0 Å². The van der Waals surface area contributed by atoms with E-state index in [1.54, 1.807) is 52.1 Å². The van der Waals surface area contributed by atoms with Gasteiger partial charge in [-0.05, 0) is 60.8 Å². The molecule has 1 unspecified atom stereocenters. The van der Waals surface area contributed by atoms with Crippen LogP contribution in [-0.4, -0.2) is 103 Å². The Morgan fingerprint density at radius 3 is 2.46 bits per heavy atom. The third-order valence-electron chi connectivity index (χ3n) is 9.47. The van der Waals surface area contributed by atoms with Crippen molar-refractivity contribution in [1.29, 1.82) is 5.53 Å². The van der Waals surface area contributed by atoms with E-state index in [0.717, 1.165) is 27.0 Å². The molecule has 2 aliphatic rings. The molecule has 6 rings (SSSR count). The highest BCUT2D eigenvalue weighted by Gasteiger charge is 2.44. The number of nitrogens with zero attached hydrogens (tertiary/aromatic N) is 5. The molecule has 0 bridgehead atoms. The fourth-order valence-electron chi connectivity index (χ4n) is 6.73. The van der Waals surface area contributed by atoms with Crippen LogP contribution in [0.1, 0.15) is 39.1 Å². The number of aryl methyl sites for hydroxylation is 1. The highest BCUT2D eigenvalue weighted by Crippen LogP contribution is 2.38. The SMILES string of the molecule is COc1cc(-c2cn(C)c(=O)c3cnccc23)cc(OC)c1CN(C)C/C(=C/NCCOCCOc1ccc2c(c1)C(=O)N(C1CCC(=O)NC1=O)C2=O)N=N. The summed E-state index contributed by atoms with van der Waals surface area (Å²) in [6.07, 6.45) is 6.79. The van der Waals surface area contributed by atoms with E-state index >= 15 is 0 Å². The number of hydrogen-bond acceptors (Lipinski definition) is 14. The lowest BCUT2D eigenvalue weighted by molar-refractivity contribution is -0.136. The zero-order valence-corrected chi connectivity index (χ0v) is 31.4. The summed E-state index contributed by atoms with van der Waals surface area (Å²) in [5.41, 5.74) is 10.8. The van der Waals surface area contributed by atoms with Gasteiger partial charge in [0.05, 0.1) is 55.2 Å². The van der Waals surface area contributed by atoms with E-state index in [4.69, 9.17) is 24.5 Å². The van der Waals surface area contributed by atoms with Gasteiger partial charge in [-0.25, -0.2) is 5.53 Å². The molecule has 17 nitrogen and oxygen atoms in total. The molecule has 4 aromatic rings. The van der Waals surface area contributed by atoms with E-state index in [9.17, 15) is 24.0 Å². The van der Waals surface area contributed by atoms with Crippen molar-refractivity contribution < 1.29 is 38.1 Å². The van der Waals surface area contributed by atoms with E-state index in [2.05, 4.69) is 20.7 Å². The standard InChI is InChI=1S/C39H42N8O9/c1-45(21-31-33(53-3)15-23(16-34(31)54-4)30-22-46(2)37(50)29-19-41-10-9-26(29)30)20-24(44-40)18-42-11-12-55-13-14-56-25-5-6-27-28(17-25)39(52)47(38(27)51)32-7-8-35(48)43-36(32)49/h5-6,9-10,15-19,22,32,40,42H,7-8,11-14,20-21H2,1-4H3,(H,43,48,49)/b24-18-,44-40?. The molecule has 1 fully saturated rings. The van der Waals surface area contributed by atoms with Crippen LogP contribution in [0.3, 0.4) is 0 Å². The summed E-state index contributed by atoms with van der Waals surface area (Å²) < 4.78 is 24.5. The van der Waals surface area contributed by atoms with Gasteiger partial charge in [-0.3, -0.25) is 44.1 Å². The number of methoxy groups -OCH3 is 2. The summed E-state index contributed by atoms with van der Waals surface area (Å²) >= 11 is 0. The molecule has 1 saturated heterocycles. The lowest BCUT2D eigenvalue weighted by Gasteiger charge is -2.27. The van der Waals surface area contributed by atoms with Gasteiger partial charge in [-0.15, -0.1) is 0 Å². The van der Waals surface area contributed by atoms with Crippen molar-refractivity contribution in [1.82, 2.24) is 30.0 Å². The van der Waals surface area contributed by atoms with E-state index in [0.29, 0.717) is 54.6 Å². The van der Waals surface area contributed by atoms with Crippen LogP contribution in [0.4, 0.5) is 0 Å². The fraction of sp³-hybridized carbons (Fsp3) is 0.333. The van der Waals surface area contributed by atoms with Gasteiger partial charge in [0, 0.05) is 63.5 Å². The van der Waals surface area contributed by atoms with Crippen molar-refractivity contribution in [3.8, 4) is 28.4 Å². The van der Waals surface area contributed by atoms with E-state index in [1.165, 1.54) is 16.7 Å². The minimum Gasteiger partial charge on any atom is -0.496 e. The van der Waals surface area contributed by atoms with Gasteiger partial charge in [0.25, 0.3) is 17.4 Å². The maximum Gasteiger partial charge on any atom is 0.262 e. The second-order valence-corrected chi connectivity index (χ2v) is 13.2. The maximum absolute atomic E-state index is 13.0. The first-order chi connectivity index (χ1) is 27.0. The van der Waals surface area contributed by atoms with Crippen LogP contribution in [0.15, 0.2) is 76.8 Å². The summed E-state index contributed by atoms with van der Waals surface area (Å²) in [7, 11) is 6.78. The van der Waals surface area contributed by atoms with Crippen molar-refractivity contribution in [2.24, 2.45) is 12.2 Å². The number of carbonyl (C=O) groups is 4. The highest BCUT2D eigenvalue weighted by molar-refractivity contribution is 6.23. The number of benzene rings is 2. The van der Waals surface area contributed by atoms with Crippen LogP contribution < -0.4 is 30.4 Å². The molecule has 0 spiro atoms. The number of imide groups is 2. The number of carbonyl (C=O) groups excluding carboxylic acids is 4. The van der Waals surface area contributed by atoms with Gasteiger partial charge < -0.3 is 28.8 Å². The number of ether oxygens (including phenoxy) is 4. The summed E-state index contributed by atoms with van der Waals surface area (Å²) in [6, 6.07) is 9.13. The molecule has 56 heavy (non-hydrogen) atoms. The second kappa shape index (κ2) is 17.3. The Bertz CT molecular complexity index is 2260. The fourth-order valence-corrected chi connectivity index (χ4v) is 6.73. The largest absolute Gasteiger partial charge is 0.496 e. The first-order valence-corrected chi connectivity index (χ1v) is 17.8. The molecule has 0 radical (unpaired) electrons. The number of hydrogen-bond donors (Lipinski definition) is 3. The van der Waals surface area contributed by atoms with E-state index in [1.807, 2.05) is 30.1 Å². The zero-order chi connectivity index (χ0) is 39.9. The van der Waals surface area contributed by atoms with Crippen molar-refractivity contribution in [2.75, 3.05) is 54.2 Å². The topological polar surface area (TPSA) is 207 Å². The van der Waals surface area contributed by atoms with Crippen LogP contribution in [0.5, 0.6) is 17.2 Å². The average molecular weight is 767 g/mol. The average Bonchev–Trinajstić information content (AvgIpc) is 3.44. The van der Waals surface area contributed by atoms with Crippen molar-refractivity contribution in [3.63, 3.8) is 0 Å². The van der Waals surface area contributed by atoms with Crippen LogP contribution in [0, 0.1) is 5.53 Å². The summed E-state index contributed by atoms with van der Waals surface area (Å²) in [5, 5.41) is 10.3. The minimum absolute atomic E-state index is 0.0456. The molecule has 3 N–H and O–H groups in total. The predicted molar refractivity (Wildman–Crippen MR) is 203 cm³/mol. The molecular formula is C39H42N8O9. The molecule has 2 aliphatic heterocycles. The minimum atomic E-state index is -1.04. The zero-order valence-electron chi connectivity index (χ0n) is 31.4. The molecular weight excluding hydrogens is 724 g/mol. The molecule has 4 amide bonds. The Balaban J connectivity index is 0.971. The van der Waals surface area contributed by atoms with Gasteiger partial charge in [0.2, 0.25) is 11.8 Å². The Labute approximate surface area is 321 Å². The van der Waals surface area contributed by atoms with Gasteiger partial charge in [0.1, 0.15) is 29.9 Å². The highest BCUT2D eigenvalue weighted by atomic mass is 16.5. The number of piperidine rings is 1. The second-order valence-electron chi connectivity index (χ2n) is 13.2. The normalized spacial score (nSPS) is 15.6. The molecule has 292 valence electrons. The monoisotopic (exact) mass is 766 g/mol. The Morgan fingerprint density at radius 2 is 1.75 bits per heavy atom. The lowest BCUT2D eigenvalue weighted by atomic mass is 9.99. The predicted octanol–water partition coefficient (Wildman–Crippen LogP) is 3.01. The van der Waals surface area contributed by atoms with Gasteiger partial charge in [-0.2, -0.15) is 5.11 Å². The van der Waals surface area contributed by atoms with Crippen LogP contribution in [0.25, 0.3) is 21.9 Å². The third kappa shape index (κ3) is 8.28. The number of pyridine rings is 2. The van der Waals surface area contributed by atoms with Crippen molar-refractivity contribution in [2.45, 2.75) is 25.4 Å². The quantitative estimate of drug-likeness (QED) is 0.0806. The Morgan fingerprint density at radius 1 is 1.00 bits per heavy atom. The first-order valence-electron chi connectivity index (χ1n) is 17.8. The lowest BCUT2D eigenvalue weighted by Crippen LogP contribution is -2.54. The Hall–Kier alpha value is -6.46. The Kier molecular flexibility index (Phi) is 12.2. The molecule has 0 saturated carbocycles. The molecule has 17 heteroatoms. The number of likely N-dealkylation sites (N-methyl/N-ethyl adjacent to an activating group) is 1. The first kappa shape index (κ1) is 39.2.